The lowest BCUT2D eigenvalue weighted by Gasteiger charge is -2.24. The summed E-state index contributed by atoms with van der Waals surface area (Å²) in [6.45, 7) is 2.02. The minimum absolute atomic E-state index is 0.0124. The van der Waals surface area contributed by atoms with Gasteiger partial charge >= 0.3 is 0 Å². The van der Waals surface area contributed by atoms with Gasteiger partial charge < -0.3 is 10.6 Å². The molecule has 1 atom stereocenters. The number of benzene rings is 1. The van der Waals surface area contributed by atoms with Crippen molar-refractivity contribution in [3.05, 3.63) is 50.6 Å². The Hall–Kier alpha value is -1.33. The Bertz CT molecular complexity index is 583. The summed E-state index contributed by atoms with van der Waals surface area (Å²) in [4.78, 5) is 15.3. The molecule has 19 heavy (non-hydrogen) atoms. The predicted octanol–water partition coefficient (Wildman–Crippen LogP) is 3.93. The van der Waals surface area contributed by atoms with E-state index in [0.717, 1.165) is 4.47 Å². The molecule has 0 aliphatic heterocycles. The number of hydrogen-bond acceptors (Lipinski definition) is 3. The van der Waals surface area contributed by atoms with Crippen LogP contribution in [0.4, 0.5) is 5.69 Å². The second-order valence-corrected chi connectivity index (χ2v) is 6.18. The van der Waals surface area contributed by atoms with Gasteiger partial charge in [0.05, 0.1) is 6.04 Å². The van der Waals surface area contributed by atoms with Crippen molar-refractivity contribution in [1.29, 1.82) is 0 Å². The number of amides is 1. The van der Waals surface area contributed by atoms with Gasteiger partial charge in [-0.15, -0.1) is 11.3 Å². The smallest absolute Gasteiger partial charge is 0.254 e. The number of thiophene rings is 1. The molecule has 0 bridgehead atoms. The van der Waals surface area contributed by atoms with E-state index in [0.29, 0.717) is 11.3 Å². The van der Waals surface area contributed by atoms with E-state index in [4.69, 9.17) is 5.73 Å². The van der Waals surface area contributed by atoms with Crippen molar-refractivity contribution < 1.29 is 4.79 Å². The third-order valence-electron chi connectivity index (χ3n) is 3.10. The molecule has 0 radical (unpaired) electrons. The van der Waals surface area contributed by atoms with E-state index in [9.17, 15) is 4.79 Å². The van der Waals surface area contributed by atoms with E-state index in [1.807, 2.05) is 31.5 Å². The zero-order valence-corrected chi connectivity index (χ0v) is 13.2. The van der Waals surface area contributed by atoms with Crippen LogP contribution in [0.5, 0.6) is 0 Å². The maximum absolute atomic E-state index is 12.4. The van der Waals surface area contributed by atoms with Crippen molar-refractivity contribution in [3.8, 4) is 0 Å². The molecule has 0 fully saturated rings. The van der Waals surface area contributed by atoms with E-state index in [1.54, 1.807) is 34.4 Å². The molecule has 2 N–H and O–H groups in total. The molecular weight excluding hydrogens is 324 g/mol. The third-order valence-corrected chi connectivity index (χ3v) is 4.83. The summed E-state index contributed by atoms with van der Waals surface area (Å²) in [6, 6.07) is 9.34. The van der Waals surface area contributed by atoms with Crippen LogP contribution in [0.2, 0.25) is 0 Å². The molecule has 2 rings (SSSR count). The molecule has 100 valence electrons. The highest BCUT2D eigenvalue weighted by atomic mass is 79.9. The Morgan fingerprint density at radius 3 is 2.74 bits per heavy atom. The van der Waals surface area contributed by atoms with Crippen molar-refractivity contribution in [1.82, 2.24) is 4.90 Å². The van der Waals surface area contributed by atoms with E-state index in [1.165, 1.54) is 4.88 Å². The lowest BCUT2D eigenvalue weighted by atomic mass is 10.1. The SMILES string of the molecule is CC(c1cccs1)N(C)C(=O)c1ccc(N)c(Br)c1. The number of carbonyl (C=O) groups excluding carboxylic acids is 1. The van der Waals surface area contributed by atoms with Crippen molar-refractivity contribution in [2.75, 3.05) is 12.8 Å². The molecule has 0 aliphatic rings. The number of hydrogen-bond donors (Lipinski definition) is 1. The number of carbonyl (C=O) groups is 1. The van der Waals surface area contributed by atoms with Gasteiger partial charge in [0.2, 0.25) is 0 Å². The minimum atomic E-state index is -0.0124. The Morgan fingerprint density at radius 2 is 2.16 bits per heavy atom. The van der Waals surface area contributed by atoms with E-state index in [2.05, 4.69) is 15.9 Å². The molecular formula is C14H15BrN2OS. The first-order chi connectivity index (χ1) is 9.00. The van der Waals surface area contributed by atoms with Gasteiger partial charge in [-0.3, -0.25) is 4.79 Å². The third kappa shape index (κ3) is 2.98. The topological polar surface area (TPSA) is 46.3 Å². The van der Waals surface area contributed by atoms with E-state index >= 15 is 0 Å². The molecule has 1 aromatic heterocycles. The highest BCUT2D eigenvalue weighted by Crippen LogP contribution is 2.26. The maximum atomic E-state index is 12.4. The van der Waals surface area contributed by atoms with E-state index < -0.39 is 0 Å². The quantitative estimate of drug-likeness (QED) is 0.862. The predicted molar refractivity (Wildman–Crippen MR) is 83.4 cm³/mol. The fourth-order valence-electron chi connectivity index (χ4n) is 1.76. The largest absolute Gasteiger partial charge is 0.398 e. The van der Waals surface area contributed by atoms with Crippen LogP contribution in [0.1, 0.15) is 28.2 Å². The molecule has 0 aliphatic carbocycles. The van der Waals surface area contributed by atoms with Crippen LogP contribution in [0.25, 0.3) is 0 Å². The number of nitrogens with two attached hydrogens (primary N) is 1. The lowest BCUT2D eigenvalue weighted by molar-refractivity contribution is 0.0745. The Balaban J connectivity index is 2.21. The molecule has 1 aromatic carbocycles. The molecule has 0 saturated carbocycles. The van der Waals surface area contributed by atoms with Crippen molar-refractivity contribution in [2.24, 2.45) is 0 Å². The normalized spacial score (nSPS) is 12.2. The zero-order chi connectivity index (χ0) is 14.0. The monoisotopic (exact) mass is 338 g/mol. The number of anilines is 1. The van der Waals surface area contributed by atoms with E-state index in [-0.39, 0.29) is 11.9 Å². The summed E-state index contributed by atoms with van der Waals surface area (Å²) in [6.07, 6.45) is 0. The average Bonchev–Trinajstić information content (AvgIpc) is 2.93. The van der Waals surface area contributed by atoms with Gasteiger partial charge in [-0.25, -0.2) is 0 Å². The Kier molecular flexibility index (Phi) is 4.27. The lowest BCUT2D eigenvalue weighted by Crippen LogP contribution is -2.29. The molecule has 0 saturated heterocycles. The molecule has 5 heteroatoms. The summed E-state index contributed by atoms with van der Waals surface area (Å²) >= 11 is 5.00. The first kappa shape index (κ1) is 14.1. The minimum Gasteiger partial charge on any atom is -0.398 e. The average molecular weight is 339 g/mol. The highest BCUT2D eigenvalue weighted by molar-refractivity contribution is 9.10. The molecule has 0 spiro atoms. The highest BCUT2D eigenvalue weighted by Gasteiger charge is 2.19. The van der Waals surface area contributed by atoms with Crippen LogP contribution >= 0.6 is 27.3 Å². The summed E-state index contributed by atoms with van der Waals surface area (Å²) in [7, 11) is 1.82. The zero-order valence-electron chi connectivity index (χ0n) is 10.8. The second-order valence-electron chi connectivity index (χ2n) is 4.34. The van der Waals surface area contributed by atoms with Gasteiger partial charge in [0.1, 0.15) is 0 Å². The number of rotatable bonds is 3. The van der Waals surface area contributed by atoms with Gasteiger partial charge in [-0.05, 0) is 52.5 Å². The fraction of sp³-hybridized carbons (Fsp3) is 0.214. The van der Waals surface area contributed by atoms with Gasteiger partial charge in [-0.2, -0.15) is 0 Å². The van der Waals surface area contributed by atoms with Crippen LogP contribution in [0, 0.1) is 0 Å². The molecule has 1 amide bonds. The van der Waals surface area contributed by atoms with Crippen molar-refractivity contribution in [3.63, 3.8) is 0 Å². The van der Waals surface area contributed by atoms with Gasteiger partial charge in [-0.1, -0.05) is 6.07 Å². The van der Waals surface area contributed by atoms with Gasteiger partial charge in [0, 0.05) is 27.6 Å². The summed E-state index contributed by atoms with van der Waals surface area (Å²) in [5.41, 5.74) is 6.99. The van der Waals surface area contributed by atoms with Crippen molar-refractivity contribution >= 4 is 38.9 Å². The summed E-state index contributed by atoms with van der Waals surface area (Å²) < 4.78 is 0.746. The van der Waals surface area contributed by atoms with Crippen LogP contribution in [-0.4, -0.2) is 17.9 Å². The number of nitrogen functional groups attached to an aromatic ring is 1. The fourth-order valence-corrected chi connectivity index (χ4v) is 2.96. The molecule has 1 unspecified atom stereocenters. The Morgan fingerprint density at radius 1 is 1.42 bits per heavy atom. The standard InChI is InChI=1S/C14H15BrN2OS/c1-9(13-4-3-7-19-13)17(2)14(18)10-5-6-12(16)11(15)8-10/h3-9H,16H2,1-2H3. The first-order valence-electron chi connectivity index (χ1n) is 5.86. The van der Waals surface area contributed by atoms with Crippen LogP contribution in [0.15, 0.2) is 40.2 Å². The second kappa shape index (κ2) is 5.75. The molecule has 2 aromatic rings. The number of halogens is 1. The van der Waals surface area contributed by atoms with Gasteiger partial charge in [0.15, 0.2) is 0 Å². The van der Waals surface area contributed by atoms with Crippen LogP contribution < -0.4 is 5.73 Å². The molecule has 1 heterocycles. The van der Waals surface area contributed by atoms with Crippen LogP contribution in [-0.2, 0) is 0 Å². The van der Waals surface area contributed by atoms with Crippen LogP contribution in [0.3, 0.4) is 0 Å². The van der Waals surface area contributed by atoms with Gasteiger partial charge in [0.25, 0.3) is 5.91 Å². The Labute approximate surface area is 125 Å². The first-order valence-corrected chi connectivity index (χ1v) is 7.53. The molecule has 3 nitrogen and oxygen atoms in total. The number of nitrogens with zero attached hydrogens (tertiary/aromatic N) is 1. The summed E-state index contributed by atoms with van der Waals surface area (Å²) in [5, 5.41) is 2.02. The maximum Gasteiger partial charge on any atom is 0.254 e. The summed E-state index contributed by atoms with van der Waals surface area (Å²) in [5.74, 6) is -0.0124. The van der Waals surface area contributed by atoms with Crippen molar-refractivity contribution in [2.45, 2.75) is 13.0 Å².